The van der Waals surface area contributed by atoms with Gasteiger partial charge >= 0.3 is 0 Å². The molecule has 0 aliphatic carbocycles. The molecule has 2 unspecified atom stereocenters. The van der Waals surface area contributed by atoms with Gasteiger partial charge in [0.25, 0.3) is 0 Å². The quantitative estimate of drug-likeness (QED) is 0.483. The van der Waals surface area contributed by atoms with Crippen LogP contribution in [0.15, 0.2) is 10.2 Å². The maximum atomic E-state index is 10.3. The Labute approximate surface area is 106 Å². The molecule has 18 heavy (non-hydrogen) atoms. The lowest BCUT2D eigenvalue weighted by Crippen LogP contribution is -2.23. The van der Waals surface area contributed by atoms with Crippen molar-refractivity contribution in [3.63, 3.8) is 0 Å². The van der Waals surface area contributed by atoms with Crippen molar-refractivity contribution in [3.05, 3.63) is 0 Å². The first kappa shape index (κ1) is 15.9. The molecule has 2 atom stereocenters. The third-order valence-corrected chi connectivity index (χ3v) is 2.47. The van der Waals surface area contributed by atoms with E-state index in [-0.39, 0.29) is 25.7 Å². The number of hydrogen-bond donors (Lipinski definition) is 0. The summed E-state index contributed by atoms with van der Waals surface area (Å²) in [6, 6.07) is 3.94. The second kappa shape index (κ2) is 7.29. The Morgan fingerprint density at radius 3 is 1.50 bits per heavy atom. The van der Waals surface area contributed by atoms with Crippen molar-refractivity contribution in [3.8, 4) is 12.1 Å². The molecule has 0 saturated carbocycles. The molecule has 0 rings (SSSR count). The second-order valence-corrected chi connectivity index (χ2v) is 4.38. The number of carbonyl (C=O) groups is 2. The highest BCUT2D eigenvalue weighted by Crippen LogP contribution is 2.22. The number of nitriles is 2. The van der Waals surface area contributed by atoms with Crippen LogP contribution in [-0.4, -0.2) is 23.7 Å². The van der Waals surface area contributed by atoms with Crippen LogP contribution in [0, 0.1) is 22.7 Å². The van der Waals surface area contributed by atoms with Gasteiger partial charge in [-0.2, -0.15) is 20.8 Å². The van der Waals surface area contributed by atoms with Gasteiger partial charge in [0.15, 0.2) is 11.1 Å². The van der Waals surface area contributed by atoms with E-state index in [1.54, 1.807) is 13.8 Å². The summed E-state index contributed by atoms with van der Waals surface area (Å²) >= 11 is 0. The summed E-state index contributed by atoms with van der Waals surface area (Å²) in [6.45, 7) is 3.11. The third-order valence-electron chi connectivity index (χ3n) is 2.47. The molecule has 0 aromatic rings. The van der Waals surface area contributed by atoms with E-state index < -0.39 is 11.1 Å². The molecule has 0 heterocycles. The Kier molecular flexibility index (Phi) is 6.44. The number of carbonyl (C=O) groups excluding carboxylic acids is 2. The molecule has 6 nitrogen and oxygen atoms in total. The largest absolute Gasteiger partial charge is 0.303 e. The van der Waals surface area contributed by atoms with Gasteiger partial charge in [0, 0.05) is 12.8 Å². The zero-order valence-electron chi connectivity index (χ0n) is 10.6. The van der Waals surface area contributed by atoms with Crippen molar-refractivity contribution in [2.75, 3.05) is 0 Å². The summed E-state index contributed by atoms with van der Waals surface area (Å²) in [6.07, 6.45) is 2.35. The van der Waals surface area contributed by atoms with E-state index in [1.807, 2.05) is 12.1 Å². The van der Waals surface area contributed by atoms with Crippen LogP contribution in [-0.2, 0) is 9.59 Å². The second-order valence-electron chi connectivity index (χ2n) is 4.38. The van der Waals surface area contributed by atoms with Crippen LogP contribution in [0.4, 0.5) is 0 Å². The van der Waals surface area contributed by atoms with Gasteiger partial charge in [-0.05, 0) is 26.7 Å². The molecule has 0 aromatic carbocycles. The lowest BCUT2D eigenvalue weighted by atomic mass is 9.98. The van der Waals surface area contributed by atoms with Gasteiger partial charge < -0.3 is 9.59 Å². The third kappa shape index (κ3) is 5.31. The fraction of sp³-hybridized carbons (Fsp3) is 0.667. The Bertz CT molecular complexity index is 369. The monoisotopic (exact) mass is 248 g/mol. The molecule has 6 heteroatoms. The zero-order valence-corrected chi connectivity index (χ0v) is 10.6. The maximum Gasteiger partial charge on any atom is 0.165 e. The minimum atomic E-state index is -1.11. The Morgan fingerprint density at radius 2 is 1.28 bits per heavy atom. The van der Waals surface area contributed by atoms with Crippen LogP contribution in [0.2, 0.25) is 0 Å². The minimum absolute atomic E-state index is 0.209. The summed E-state index contributed by atoms with van der Waals surface area (Å²) in [4.78, 5) is 20.6. The number of aldehydes is 2. The van der Waals surface area contributed by atoms with Gasteiger partial charge in [-0.15, -0.1) is 0 Å². The summed E-state index contributed by atoms with van der Waals surface area (Å²) in [7, 11) is 0. The van der Waals surface area contributed by atoms with E-state index >= 15 is 0 Å². The summed E-state index contributed by atoms with van der Waals surface area (Å²) < 4.78 is 0. The molecule has 0 aliphatic rings. The van der Waals surface area contributed by atoms with Gasteiger partial charge in [0.05, 0.1) is 12.1 Å². The van der Waals surface area contributed by atoms with Gasteiger partial charge in [-0.25, -0.2) is 0 Å². The topological polar surface area (TPSA) is 106 Å². The predicted octanol–water partition coefficient (Wildman–Crippen LogP) is 1.96. The van der Waals surface area contributed by atoms with Crippen molar-refractivity contribution in [1.29, 1.82) is 10.5 Å². The summed E-state index contributed by atoms with van der Waals surface area (Å²) in [5.41, 5.74) is -2.22. The first-order chi connectivity index (χ1) is 8.45. The van der Waals surface area contributed by atoms with Crippen molar-refractivity contribution >= 4 is 12.6 Å². The van der Waals surface area contributed by atoms with Crippen molar-refractivity contribution < 1.29 is 9.59 Å². The van der Waals surface area contributed by atoms with Crippen LogP contribution in [0.5, 0.6) is 0 Å². The SMILES string of the molecule is CC(C#N)(CCC=O)N=NC(C)(C#N)CCC=O. The molecule has 0 bridgehead atoms. The van der Waals surface area contributed by atoms with E-state index in [4.69, 9.17) is 10.5 Å². The highest BCUT2D eigenvalue weighted by Gasteiger charge is 2.27. The Hall–Kier alpha value is -2.08. The minimum Gasteiger partial charge on any atom is -0.303 e. The molecule has 0 aliphatic heterocycles. The highest BCUT2D eigenvalue weighted by atomic mass is 16.1. The number of rotatable bonds is 8. The van der Waals surface area contributed by atoms with E-state index in [2.05, 4.69) is 10.2 Å². The maximum absolute atomic E-state index is 10.3. The standard InChI is InChI=1S/C12H16N4O2/c1-11(9-13,5-3-7-17)15-16-12(2,10-14)6-4-8-18/h7-8H,3-6H2,1-2H3. The summed E-state index contributed by atoms with van der Waals surface area (Å²) in [5, 5.41) is 25.7. The van der Waals surface area contributed by atoms with Crippen LogP contribution in [0.1, 0.15) is 39.5 Å². The van der Waals surface area contributed by atoms with E-state index in [0.717, 1.165) is 0 Å². The fourth-order valence-corrected chi connectivity index (χ4v) is 1.16. The van der Waals surface area contributed by atoms with Crippen LogP contribution >= 0.6 is 0 Å². The Morgan fingerprint density at radius 1 is 0.944 bits per heavy atom. The molecular formula is C12H16N4O2. The van der Waals surface area contributed by atoms with Crippen molar-refractivity contribution in [2.45, 2.75) is 50.6 Å². The van der Waals surface area contributed by atoms with Crippen LogP contribution in [0.25, 0.3) is 0 Å². The average molecular weight is 248 g/mol. The van der Waals surface area contributed by atoms with Crippen LogP contribution in [0.3, 0.4) is 0 Å². The smallest absolute Gasteiger partial charge is 0.165 e. The van der Waals surface area contributed by atoms with Gasteiger partial charge in [0.2, 0.25) is 0 Å². The fourth-order valence-electron chi connectivity index (χ4n) is 1.16. The van der Waals surface area contributed by atoms with Gasteiger partial charge in [-0.3, -0.25) is 0 Å². The molecule has 0 aromatic heterocycles. The Balaban J connectivity index is 4.85. The van der Waals surface area contributed by atoms with Gasteiger partial charge in [0.1, 0.15) is 12.6 Å². The predicted molar refractivity (Wildman–Crippen MR) is 63.5 cm³/mol. The average Bonchev–Trinajstić information content (AvgIpc) is 2.40. The molecular weight excluding hydrogens is 232 g/mol. The van der Waals surface area contributed by atoms with Crippen molar-refractivity contribution in [1.82, 2.24) is 0 Å². The van der Waals surface area contributed by atoms with E-state index in [0.29, 0.717) is 12.6 Å². The van der Waals surface area contributed by atoms with Gasteiger partial charge in [-0.1, -0.05) is 0 Å². The number of hydrogen-bond acceptors (Lipinski definition) is 6. The molecule has 0 fully saturated rings. The highest BCUT2D eigenvalue weighted by molar-refractivity contribution is 5.50. The summed E-state index contributed by atoms with van der Waals surface area (Å²) in [5.74, 6) is 0. The zero-order chi connectivity index (χ0) is 14.1. The molecule has 0 N–H and O–H groups in total. The van der Waals surface area contributed by atoms with E-state index in [1.165, 1.54) is 0 Å². The number of nitrogens with zero attached hydrogens (tertiary/aromatic N) is 4. The lowest BCUT2D eigenvalue weighted by Gasteiger charge is -2.18. The van der Waals surface area contributed by atoms with Crippen molar-refractivity contribution in [2.24, 2.45) is 10.2 Å². The first-order valence-corrected chi connectivity index (χ1v) is 5.59. The normalized spacial score (nSPS) is 17.1. The molecule has 0 saturated heterocycles. The molecule has 0 spiro atoms. The molecule has 0 radical (unpaired) electrons. The number of azo groups is 1. The van der Waals surface area contributed by atoms with E-state index in [9.17, 15) is 9.59 Å². The first-order valence-electron chi connectivity index (χ1n) is 5.59. The molecule has 96 valence electrons. The lowest BCUT2D eigenvalue weighted by molar-refractivity contribution is -0.108. The molecule has 0 amide bonds. The van der Waals surface area contributed by atoms with Crippen LogP contribution < -0.4 is 0 Å².